The van der Waals surface area contributed by atoms with Crippen molar-refractivity contribution in [3.05, 3.63) is 131 Å². The standard InChI is InChI=1S/C42H42N4O6/c1-41(51,31-11-5-3-6-12-31)39(49)45-27-9-15-35(45)37(47)43-33-23-19-29(20-24-33)17-18-30-21-25-34(26-22-30)44-38(48)36-16-10-28-46(36)40(50)42(2,52)32-13-7-4-8-14-32/h3-8,11-14,19-26,35-36,51-52H,9-10,15-16,27-28H2,1-2H3,(H,43,47)(H,44,48)/t35-,36-,41-,42-/m0/s1. The van der Waals surface area contributed by atoms with Crippen molar-refractivity contribution >= 4 is 35.0 Å². The second-order valence-corrected chi connectivity index (χ2v) is 13.6. The molecule has 4 amide bonds. The summed E-state index contributed by atoms with van der Waals surface area (Å²) in [5.41, 5.74) is 0.0412. The molecule has 2 fully saturated rings. The molecule has 0 spiro atoms. The van der Waals surface area contributed by atoms with Gasteiger partial charge in [0.25, 0.3) is 11.8 Å². The molecule has 52 heavy (non-hydrogen) atoms. The summed E-state index contributed by atoms with van der Waals surface area (Å²) in [5, 5.41) is 27.9. The molecule has 2 saturated heterocycles. The molecule has 4 N–H and O–H groups in total. The second kappa shape index (κ2) is 15.2. The lowest BCUT2D eigenvalue weighted by molar-refractivity contribution is -0.153. The summed E-state index contributed by atoms with van der Waals surface area (Å²) in [6.45, 7) is 3.70. The van der Waals surface area contributed by atoms with Gasteiger partial charge in [-0.15, -0.1) is 0 Å². The number of nitrogens with one attached hydrogen (secondary N) is 2. The fraction of sp³-hybridized carbons (Fsp3) is 0.286. The van der Waals surface area contributed by atoms with Crippen molar-refractivity contribution in [3.63, 3.8) is 0 Å². The highest BCUT2D eigenvalue weighted by molar-refractivity contribution is 6.00. The molecular formula is C42H42N4O6. The molecule has 0 bridgehead atoms. The SMILES string of the molecule is C[C@@](O)(C(=O)N1CCC[C@H]1C(=O)Nc1ccc(C#Cc2ccc(NC(=O)[C@@H]3CCCN3C(=O)[C@@](C)(O)c3ccccc3)cc2)cc1)c1ccccc1. The number of aliphatic hydroxyl groups is 2. The van der Waals surface area contributed by atoms with Crippen LogP contribution >= 0.6 is 0 Å². The van der Waals surface area contributed by atoms with Crippen LogP contribution in [0.15, 0.2) is 109 Å². The summed E-state index contributed by atoms with van der Waals surface area (Å²) in [6.07, 6.45) is 2.34. The maximum Gasteiger partial charge on any atom is 0.259 e. The van der Waals surface area contributed by atoms with E-state index >= 15 is 0 Å². The average molecular weight is 699 g/mol. The number of benzene rings is 4. The summed E-state index contributed by atoms with van der Waals surface area (Å²) in [7, 11) is 0. The number of carbonyl (C=O) groups is 4. The van der Waals surface area contributed by atoms with Gasteiger partial charge in [0, 0.05) is 35.6 Å². The van der Waals surface area contributed by atoms with Crippen molar-refractivity contribution < 1.29 is 29.4 Å². The summed E-state index contributed by atoms with van der Waals surface area (Å²) >= 11 is 0. The Morgan fingerprint density at radius 3 is 1.27 bits per heavy atom. The molecule has 2 heterocycles. The Morgan fingerprint density at radius 1 is 0.577 bits per heavy atom. The molecular weight excluding hydrogens is 656 g/mol. The highest BCUT2D eigenvalue weighted by atomic mass is 16.3. The van der Waals surface area contributed by atoms with Crippen molar-refractivity contribution in [3.8, 4) is 11.8 Å². The van der Waals surface area contributed by atoms with Gasteiger partial charge < -0.3 is 30.6 Å². The van der Waals surface area contributed by atoms with E-state index in [1.54, 1.807) is 97.1 Å². The van der Waals surface area contributed by atoms with E-state index in [2.05, 4.69) is 22.5 Å². The van der Waals surface area contributed by atoms with Gasteiger partial charge in [0.2, 0.25) is 11.8 Å². The highest BCUT2D eigenvalue weighted by Gasteiger charge is 2.44. The molecule has 0 unspecified atom stereocenters. The lowest BCUT2D eigenvalue weighted by Crippen LogP contribution is -2.50. The predicted molar refractivity (Wildman–Crippen MR) is 198 cm³/mol. The first kappa shape index (κ1) is 36.0. The van der Waals surface area contributed by atoms with E-state index in [4.69, 9.17) is 0 Å². The molecule has 2 aliphatic heterocycles. The molecule has 2 aliphatic rings. The molecule has 266 valence electrons. The fourth-order valence-corrected chi connectivity index (χ4v) is 6.77. The number of likely N-dealkylation sites (tertiary alicyclic amines) is 2. The lowest BCUT2D eigenvalue weighted by Gasteiger charge is -2.31. The number of amides is 4. The summed E-state index contributed by atoms with van der Waals surface area (Å²) in [4.78, 5) is 56.0. The Hall–Kier alpha value is -5.76. The van der Waals surface area contributed by atoms with Crippen molar-refractivity contribution in [2.45, 2.75) is 62.8 Å². The van der Waals surface area contributed by atoms with E-state index in [1.807, 2.05) is 12.1 Å². The van der Waals surface area contributed by atoms with Gasteiger partial charge in [-0.1, -0.05) is 72.5 Å². The van der Waals surface area contributed by atoms with Crippen LogP contribution in [0.25, 0.3) is 0 Å². The molecule has 0 saturated carbocycles. The summed E-state index contributed by atoms with van der Waals surface area (Å²) in [6, 6.07) is 30.2. The van der Waals surface area contributed by atoms with Crippen LogP contribution in [-0.4, -0.2) is 68.8 Å². The monoisotopic (exact) mass is 698 g/mol. The first-order valence-electron chi connectivity index (χ1n) is 17.5. The molecule has 10 heteroatoms. The van der Waals surface area contributed by atoms with Crippen LogP contribution in [0.2, 0.25) is 0 Å². The van der Waals surface area contributed by atoms with Gasteiger partial charge in [-0.25, -0.2) is 0 Å². The minimum Gasteiger partial charge on any atom is -0.376 e. The molecule has 0 aromatic heterocycles. The number of hydrogen-bond acceptors (Lipinski definition) is 6. The third kappa shape index (κ3) is 7.76. The highest BCUT2D eigenvalue weighted by Crippen LogP contribution is 2.30. The van der Waals surface area contributed by atoms with Crippen molar-refractivity contribution in [2.75, 3.05) is 23.7 Å². The van der Waals surface area contributed by atoms with Crippen molar-refractivity contribution in [1.82, 2.24) is 9.80 Å². The van der Waals surface area contributed by atoms with E-state index in [0.29, 0.717) is 61.3 Å². The third-order valence-corrected chi connectivity index (χ3v) is 9.79. The third-order valence-electron chi connectivity index (χ3n) is 9.79. The van der Waals surface area contributed by atoms with Gasteiger partial charge in [-0.3, -0.25) is 19.2 Å². The zero-order valence-corrected chi connectivity index (χ0v) is 29.2. The first-order valence-corrected chi connectivity index (χ1v) is 17.5. The summed E-state index contributed by atoms with van der Waals surface area (Å²) in [5.74, 6) is 4.58. The van der Waals surface area contributed by atoms with Gasteiger partial charge in [0.15, 0.2) is 11.2 Å². The Bertz CT molecular complexity index is 1840. The Kier molecular flexibility index (Phi) is 10.6. The van der Waals surface area contributed by atoms with Crippen molar-refractivity contribution in [2.24, 2.45) is 0 Å². The number of rotatable bonds is 8. The maximum atomic E-state index is 13.3. The molecule has 4 atom stereocenters. The Morgan fingerprint density at radius 2 is 0.923 bits per heavy atom. The molecule has 10 nitrogen and oxygen atoms in total. The zero-order chi connectivity index (χ0) is 36.9. The number of nitrogens with zero attached hydrogens (tertiary/aromatic N) is 2. The van der Waals surface area contributed by atoms with E-state index in [9.17, 15) is 29.4 Å². The van der Waals surface area contributed by atoms with E-state index < -0.39 is 35.1 Å². The van der Waals surface area contributed by atoms with Crippen LogP contribution in [0.1, 0.15) is 61.8 Å². The molecule has 0 aliphatic carbocycles. The molecule has 0 radical (unpaired) electrons. The minimum absolute atomic E-state index is 0.313. The number of anilines is 2. The fourth-order valence-electron chi connectivity index (χ4n) is 6.77. The van der Waals surface area contributed by atoms with E-state index in [1.165, 1.54) is 23.6 Å². The van der Waals surface area contributed by atoms with Crippen LogP contribution in [-0.2, 0) is 30.4 Å². The number of carbonyl (C=O) groups excluding carboxylic acids is 4. The molecule has 4 aromatic rings. The first-order chi connectivity index (χ1) is 24.9. The van der Waals surface area contributed by atoms with E-state index in [-0.39, 0.29) is 11.8 Å². The van der Waals surface area contributed by atoms with Crippen molar-refractivity contribution in [1.29, 1.82) is 0 Å². The Labute approximate surface area is 303 Å². The minimum atomic E-state index is -1.75. The van der Waals surface area contributed by atoms with Gasteiger partial charge in [0.1, 0.15) is 12.1 Å². The normalized spacial score (nSPS) is 19.1. The van der Waals surface area contributed by atoms with Crippen LogP contribution in [0.3, 0.4) is 0 Å². The maximum absolute atomic E-state index is 13.3. The van der Waals surface area contributed by atoms with Gasteiger partial charge in [-0.2, -0.15) is 0 Å². The smallest absolute Gasteiger partial charge is 0.259 e. The Balaban J connectivity index is 1.03. The van der Waals surface area contributed by atoms with Gasteiger partial charge >= 0.3 is 0 Å². The second-order valence-electron chi connectivity index (χ2n) is 13.6. The van der Waals surface area contributed by atoms with Gasteiger partial charge in [0.05, 0.1) is 0 Å². The number of hydrogen-bond donors (Lipinski definition) is 4. The predicted octanol–water partition coefficient (Wildman–Crippen LogP) is 4.76. The summed E-state index contributed by atoms with van der Waals surface area (Å²) < 4.78 is 0. The van der Waals surface area contributed by atoms with Crippen LogP contribution in [0, 0.1) is 11.8 Å². The topological polar surface area (TPSA) is 139 Å². The quantitative estimate of drug-likeness (QED) is 0.196. The van der Waals surface area contributed by atoms with Crippen LogP contribution < -0.4 is 10.6 Å². The molecule has 6 rings (SSSR count). The zero-order valence-electron chi connectivity index (χ0n) is 29.2. The van der Waals surface area contributed by atoms with Crippen LogP contribution in [0.4, 0.5) is 11.4 Å². The van der Waals surface area contributed by atoms with Gasteiger partial charge in [-0.05, 0) is 99.2 Å². The molecule has 4 aromatic carbocycles. The van der Waals surface area contributed by atoms with E-state index in [0.717, 1.165) is 11.1 Å². The average Bonchev–Trinajstić information content (AvgIpc) is 3.86. The van der Waals surface area contributed by atoms with Crippen LogP contribution in [0.5, 0.6) is 0 Å². The largest absolute Gasteiger partial charge is 0.376 e. The lowest BCUT2D eigenvalue weighted by atomic mass is 9.94.